The van der Waals surface area contributed by atoms with Gasteiger partial charge in [0.25, 0.3) is 21.8 Å². The number of imide groups is 1. The number of imidazole rings is 1. The largest absolute Gasteiger partial charge is 0.274 e. The van der Waals surface area contributed by atoms with Gasteiger partial charge in [-0.05, 0) is 55.3 Å². The highest BCUT2D eigenvalue weighted by molar-refractivity contribution is 7.90. The molecule has 1 aromatic heterocycles. The molecule has 35 heavy (non-hydrogen) atoms. The van der Waals surface area contributed by atoms with Crippen molar-refractivity contribution in [1.82, 2.24) is 13.9 Å². The number of fused-ring (bicyclic) bond motifs is 2. The first-order valence-corrected chi connectivity index (χ1v) is 13.0. The smallest absolute Gasteiger partial charge is 0.269 e. The molecule has 0 saturated heterocycles. The van der Waals surface area contributed by atoms with E-state index in [-0.39, 0.29) is 45.5 Å². The highest BCUT2D eigenvalue weighted by Gasteiger charge is 2.34. The minimum Gasteiger partial charge on any atom is -0.274 e. The molecule has 0 saturated carbocycles. The summed E-state index contributed by atoms with van der Waals surface area (Å²) in [4.78, 5) is 31.2. The molecule has 7 nitrogen and oxygen atoms in total. The third-order valence-corrected chi connectivity index (χ3v) is 8.37. The van der Waals surface area contributed by atoms with Gasteiger partial charge in [-0.2, -0.15) is 0 Å². The first-order chi connectivity index (χ1) is 16.7. The molecular formula is C25H19Cl2N3O4S. The van der Waals surface area contributed by atoms with Crippen molar-refractivity contribution in [2.24, 2.45) is 0 Å². The fourth-order valence-corrected chi connectivity index (χ4v) is 6.17. The molecular weight excluding hydrogens is 509 g/mol. The standard InChI is InChI=1S/C25H19Cl2N3O4S/c1-15-6-4-7-16(12-15)35(33,34)30-22-14-20(27)19(26)13-21(22)28-23(30)10-5-11-29-24(31)17-8-2-3-9-18(17)25(29)32/h2-4,6-9,12-14H,5,10-11H2,1H3. The third-order valence-electron chi connectivity index (χ3n) is 5.91. The van der Waals surface area contributed by atoms with E-state index in [2.05, 4.69) is 4.98 Å². The summed E-state index contributed by atoms with van der Waals surface area (Å²) in [6, 6.07) is 16.3. The van der Waals surface area contributed by atoms with E-state index in [0.29, 0.717) is 28.6 Å². The predicted molar refractivity (Wildman–Crippen MR) is 134 cm³/mol. The maximum absolute atomic E-state index is 13.7. The monoisotopic (exact) mass is 527 g/mol. The summed E-state index contributed by atoms with van der Waals surface area (Å²) in [7, 11) is -4.01. The Bertz CT molecular complexity index is 1590. The normalized spacial score (nSPS) is 13.6. The maximum atomic E-state index is 13.7. The summed E-state index contributed by atoms with van der Waals surface area (Å²) >= 11 is 12.4. The number of benzene rings is 3. The number of carbonyl (C=O) groups excluding carboxylic acids is 2. The second-order valence-corrected chi connectivity index (χ2v) is 10.9. The van der Waals surface area contributed by atoms with Crippen molar-refractivity contribution >= 4 is 56.1 Å². The maximum Gasteiger partial charge on any atom is 0.269 e. The van der Waals surface area contributed by atoms with E-state index in [1.807, 2.05) is 13.0 Å². The van der Waals surface area contributed by atoms with E-state index >= 15 is 0 Å². The minimum absolute atomic E-state index is 0.115. The average molecular weight is 528 g/mol. The Morgan fingerprint density at radius 2 is 1.54 bits per heavy atom. The van der Waals surface area contributed by atoms with Crippen LogP contribution in [0.3, 0.4) is 0 Å². The zero-order valence-corrected chi connectivity index (χ0v) is 20.9. The van der Waals surface area contributed by atoms with Crippen LogP contribution in [0.15, 0.2) is 65.6 Å². The SMILES string of the molecule is Cc1cccc(S(=O)(=O)n2c(CCCN3C(=O)c4ccccc4C3=O)nc3cc(Cl)c(Cl)cc32)c1. The van der Waals surface area contributed by atoms with Crippen molar-refractivity contribution in [2.45, 2.75) is 24.7 Å². The molecule has 1 aliphatic rings. The quantitative estimate of drug-likeness (QED) is 0.324. The number of halogens is 2. The van der Waals surface area contributed by atoms with Crippen LogP contribution in [0, 0.1) is 6.92 Å². The molecule has 2 amide bonds. The zero-order valence-electron chi connectivity index (χ0n) is 18.5. The van der Waals surface area contributed by atoms with Gasteiger partial charge in [0, 0.05) is 13.0 Å². The van der Waals surface area contributed by atoms with E-state index < -0.39 is 10.0 Å². The van der Waals surface area contributed by atoms with Crippen LogP contribution in [0.2, 0.25) is 10.0 Å². The van der Waals surface area contributed by atoms with Gasteiger partial charge in [-0.15, -0.1) is 0 Å². The van der Waals surface area contributed by atoms with Crippen LogP contribution in [0.4, 0.5) is 0 Å². The highest BCUT2D eigenvalue weighted by atomic mass is 35.5. The number of hydrogen-bond donors (Lipinski definition) is 0. The summed E-state index contributed by atoms with van der Waals surface area (Å²) in [5, 5.41) is 0.465. The molecule has 0 atom stereocenters. The number of amides is 2. The lowest BCUT2D eigenvalue weighted by Crippen LogP contribution is -2.31. The van der Waals surface area contributed by atoms with Gasteiger partial charge < -0.3 is 0 Å². The van der Waals surface area contributed by atoms with Crippen molar-refractivity contribution < 1.29 is 18.0 Å². The van der Waals surface area contributed by atoms with Crippen LogP contribution in [-0.4, -0.2) is 40.6 Å². The minimum atomic E-state index is -4.01. The van der Waals surface area contributed by atoms with Crippen LogP contribution >= 0.6 is 23.2 Å². The summed E-state index contributed by atoms with van der Waals surface area (Å²) in [5.74, 6) is -0.452. The molecule has 0 bridgehead atoms. The van der Waals surface area contributed by atoms with E-state index in [1.165, 1.54) is 27.1 Å². The van der Waals surface area contributed by atoms with Gasteiger partial charge in [0.15, 0.2) is 0 Å². The van der Waals surface area contributed by atoms with Crippen molar-refractivity contribution in [3.8, 4) is 0 Å². The molecule has 178 valence electrons. The Morgan fingerprint density at radius 1 is 0.886 bits per heavy atom. The third kappa shape index (κ3) is 4.01. The van der Waals surface area contributed by atoms with Gasteiger partial charge in [0.1, 0.15) is 5.82 Å². The molecule has 10 heteroatoms. The molecule has 0 fully saturated rings. The van der Waals surface area contributed by atoms with Gasteiger partial charge in [-0.25, -0.2) is 17.4 Å². The Labute approximate surface area is 212 Å². The number of hydrogen-bond acceptors (Lipinski definition) is 5. The average Bonchev–Trinajstić information content (AvgIpc) is 3.29. The Kier molecular flexibility index (Phi) is 5.91. The fraction of sp³-hybridized carbons (Fsp3) is 0.160. The zero-order chi connectivity index (χ0) is 24.9. The van der Waals surface area contributed by atoms with Crippen molar-refractivity contribution in [3.05, 3.63) is 93.2 Å². The van der Waals surface area contributed by atoms with Gasteiger partial charge in [-0.3, -0.25) is 14.5 Å². The van der Waals surface area contributed by atoms with Gasteiger partial charge in [0.05, 0.1) is 37.1 Å². The van der Waals surface area contributed by atoms with E-state index in [0.717, 1.165) is 5.56 Å². The number of rotatable bonds is 6. The molecule has 3 aromatic carbocycles. The van der Waals surface area contributed by atoms with E-state index in [1.54, 1.807) is 36.4 Å². The number of nitrogens with zero attached hydrogens (tertiary/aromatic N) is 3. The van der Waals surface area contributed by atoms with Crippen LogP contribution in [0.1, 0.15) is 38.5 Å². The second kappa shape index (κ2) is 8.78. The number of aromatic nitrogens is 2. The van der Waals surface area contributed by atoms with Crippen LogP contribution in [0.25, 0.3) is 11.0 Å². The second-order valence-electron chi connectivity index (χ2n) is 8.28. The first-order valence-electron chi connectivity index (χ1n) is 10.8. The predicted octanol–water partition coefficient (Wildman–Crippen LogP) is 5.12. The summed E-state index contributed by atoms with van der Waals surface area (Å²) in [6.45, 7) is 1.94. The first kappa shape index (κ1) is 23.5. The van der Waals surface area contributed by atoms with E-state index in [9.17, 15) is 18.0 Å². The molecule has 0 N–H and O–H groups in total. The molecule has 0 spiro atoms. The molecule has 0 aliphatic carbocycles. The summed E-state index contributed by atoms with van der Waals surface area (Å²) in [6.07, 6.45) is 0.516. The molecule has 0 unspecified atom stereocenters. The number of aryl methyl sites for hydroxylation is 2. The fourth-order valence-electron chi connectivity index (χ4n) is 4.25. The molecule has 5 rings (SSSR count). The molecule has 2 heterocycles. The summed E-state index contributed by atoms with van der Waals surface area (Å²) < 4.78 is 28.5. The van der Waals surface area contributed by atoms with Crippen molar-refractivity contribution in [2.75, 3.05) is 6.54 Å². The van der Waals surface area contributed by atoms with Crippen molar-refractivity contribution in [1.29, 1.82) is 0 Å². The van der Waals surface area contributed by atoms with Crippen LogP contribution < -0.4 is 0 Å². The highest BCUT2D eigenvalue weighted by Crippen LogP contribution is 2.31. The Morgan fingerprint density at radius 3 is 2.20 bits per heavy atom. The van der Waals surface area contributed by atoms with E-state index in [4.69, 9.17) is 23.2 Å². The molecule has 1 aliphatic heterocycles. The van der Waals surface area contributed by atoms with Crippen LogP contribution in [-0.2, 0) is 16.4 Å². The lowest BCUT2D eigenvalue weighted by molar-refractivity contribution is 0.0652. The molecule has 4 aromatic rings. The Balaban J connectivity index is 1.50. The summed E-state index contributed by atoms with van der Waals surface area (Å²) in [5.41, 5.74) is 2.22. The molecule has 0 radical (unpaired) electrons. The van der Waals surface area contributed by atoms with Gasteiger partial charge in [-0.1, -0.05) is 47.5 Å². The van der Waals surface area contributed by atoms with Gasteiger partial charge in [0.2, 0.25) is 0 Å². The Hall–Kier alpha value is -3.20. The van der Waals surface area contributed by atoms with Crippen molar-refractivity contribution in [3.63, 3.8) is 0 Å². The lowest BCUT2D eigenvalue weighted by atomic mass is 10.1. The lowest BCUT2D eigenvalue weighted by Gasteiger charge is -2.14. The van der Waals surface area contributed by atoms with Crippen LogP contribution in [0.5, 0.6) is 0 Å². The number of carbonyl (C=O) groups is 2. The topological polar surface area (TPSA) is 89.3 Å². The van der Waals surface area contributed by atoms with Gasteiger partial charge >= 0.3 is 0 Å².